The molecule has 1 N–H and O–H groups in total. The van der Waals surface area contributed by atoms with Gasteiger partial charge in [-0.1, -0.05) is 18.2 Å². The van der Waals surface area contributed by atoms with Gasteiger partial charge in [0.25, 0.3) is 10.0 Å². The summed E-state index contributed by atoms with van der Waals surface area (Å²) < 4.78 is 44.2. The van der Waals surface area contributed by atoms with Gasteiger partial charge in [0.05, 0.1) is 31.9 Å². The van der Waals surface area contributed by atoms with E-state index < -0.39 is 22.5 Å². The van der Waals surface area contributed by atoms with Gasteiger partial charge in [-0.25, -0.2) is 8.42 Å². The second-order valence-corrected chi connectivity index (χ2v) is 9.86. The average Bonchev–Trinajstić information content (AvgIpc) is 2.85. The predicted molar refractivity (Wildman–Crippen MR) is 135 cm³/mol. The Balaban J connectivity index is 1.92. The summed E-state index contributed by atoms with van der Waals surface area (Å²) in [6, 6.07) is 17.0. The largest absolute Gasteiger partial charge is 0.497 e. The molecule has 0 radical (unpaired) electrons. The lowest BCUT2D eigenvalue weighted by Gasteiger charge is -2.25. The van der Waals surface area contributed by atoms with Crippen LogP contribution < -0.4 is 23.8 Å². The Morgan fingerprint density at radius 2 is 1.46 bits per heavy atom. The summed E-state index contributed by atoms with van der Waals surface area (Å²) in [6.45, 7) is 3.61. The molecule has 0 atom stereocenters. The number of ether oxygens (including phenoxy) is 3. The summed E-state index contributed by atoms with van der Waals surface area (Å²) in [4.78, 5) is 12.9. The highest BCUT2D eigenvalue weighted by Gasteiger charge is 2.28. The number of carbonyl (C=O) groups excluding carboxylic acids is 1. The number of anilines is 1. The van der Waals surface area contributed by atoms with Crippen molar-refractivity contribution < 1.29 is 27.4 Å². The molecule has 0 saturated carbocycles. The zero-order valence-corrected chi connectivity index (χ0v) is 21.3. The summed E-state index contributed by atoms with van der Waals surface area (Å²) in [5.74, 6) is 0.950. The summed E-state index contributed by atoms with van der Waals surface area (Å²) in [5, 5.41) is 2.80. The molecule has 0 aromatic heterocycles. The van der Waals surface area contributed by atoms with Crippen LogP contribution in [-0.2, 0) is 21.4 Å². The Hall–Kier alpha value is -3.72. The third-order valence-electron chi connectivity index (χ3n) is 5.37. The van der Waals surface area contributed by atoms with Gasteiger partial charge in [-0.2, -0.15) is 0 Å². The van der Waals surface area contributed by atoms with E-state index in [-0.39, 0.29) is 17.2 Å². The van der Waals surface area contributed by atoms with E-state index in [1.165, 1.54) is 32.4 Å². The van der Waals surface area contributed by atoms with E-state index in [1.54, 1.807) is 31.4 Å². The van der Waals surface area contributed by atoms with Crippen LogP contribution in [0.25, 0.3) is 0 Å². The fourth-order valence-electron chi connectivity index (χ4n) is 3.64. The van der Waals surface area contributed by atoms with Crippen molar-refractivity contribution in [3.05, 3.63) is 77.4 Å². The number of nitrogens with one attached hydrogen (secondary N) is 1. The molecule has 0 heterocycles. The van der Waals surface area contributed by atoms with Gasteiger partial charge < -0.3 is 19.5 Å². The Morgan fingerprint density at radius 1 is 0.829 bits per heavy atom. The van der Waals surface area contributed by atoms with Crippen LogP contribution in [0.1, 0.15) is 16.7 Å². The van der Waals surface area contributed by atoms with Crippen LogP contribution in [0, 0.1) is 13.8 Å². The Labute approximate surface area is 206 Å². The van der Waals surface area contributed by atoms with E-state index in [2.05, 4.69) is 5.32 Å². The first-order chi connectivity index (χ1) is 16.7. The topological polar surface area (TPSA) is 94.2 Å². The minimum absolute atomic E-state index is 0.0164. The number of hydrogen-bond acceptors (Lipinski definition) is 6. The van der Waals surface area contributed by atoms with E-state index in [9.17, 15) is 13.2 Å². The highest BCUT2D eigenvalue weighted by molar-refractivity contribution is 7.92. The average molecular weight is 499 g/mol. The molecule has 8 nitrogen and oxygen atoms in total. The van der Waals surface area contributed by atoms with Crippen molar-refractivity contribution in [1.29, 1.82) is 0 Å². The van der Waals surface area contributed by atoms with E-state index in [1.807, 2.05) is 32.0 Å². The molecule has 0 unspecified atom stereocenters. The lowest BCUT2D eigenvalue weighted by atomic mass is 10.1. The third kappa shape index (κ3) is 6.24. The van der Waals surface area contributed by atoms with Crippen molar-refractivity contribution in [3.63, 3.8) is 0 Å². The van der Waals surface area contributed by atoms with Crippen LogP contribution in [-0.4, -0.2) is 42.2 Å². The molecule has 0 aliphatic carbocycles. The Morgan fingerprint density at radius 3 is 2.03 bits per heavy atom. The van der Waals surface area contributed by atoms with Crippen LogP contribution in [0.3, 0.4) is 0 Å². The molecular weight excluding hydrogens is 468 g/mol. The molecule has 1 amide bonds. The smallest absolute Gasteiger partial charge is 0.264 e. The van der Waals surface area contributed by atoms with Gasteiger partial charge in [0.1, 0.15) is 12.3 Å². The summed E-state index contributed by atoms with van der Waals surface area (Å²) in [6.07, 6.45) is 0. The Kier molecular flexibility index (Phi) is 8.24. The molecule has 3 rings (SSSR count). The molecule has 0 saturated heterocycles. The van der Waals surface area contributed by atoms with E-state index in [0.717, 1.165) is 21.0 Å². The van der Waals surface area contributed by atoms with Gasteiger partial charge in [-0.05, 0) is 66.9 Å². The standard InChI is InChI=1S/C26H30N2O6S/c1-18-12-19(2)14-21(13-18)28(17-26(29)27-16-20-6-8-22(32-3)9-7-20)35(30,31)23-10-11-24(33-4)25(15-23)34-5/h6-15H,16-17H2,1-5H3,(H,27,29). The van der Waals surface area contributed by atoms with Gasteiger partial charge in [0.2, 0.25) is 5.91 Å². The predicted octanol–water partition coefficient (Wildman–Crippen LogP) is 3.84. The molecule has 3 aromatic carbocycles. The third-order valence-corrected chi connectivity index (χ3v) is 7.14. The maximum Gasteiger partial charge on any atom is 0.264 e. The van der Waals surface area contributed by atoms with Crippen LogP contribution in [0.4, 0.5) is 5.69 Å². The van der Waals surface area contributed by atoms with Crippen LogP contribution in [0.5, 0.6) is 17.2 Å². The van der Waals surface area contributed by atoms with Crippen LogP contribution in [0.15, 0.2) is 65.6 Å². The fourth-order valence-corrected chi connectivity index (χ4v) is 5.06. The zero-order chi connectivity index (χ0) is 25.6. The second-order valence-electron chi connectivity index (χ2n) is 8.00. The monoisotopic (exact) mass is 498 g/mol. The second kappa shape index (κ2) is 11.1. The maximum absolute atomic E-state index is 13.7. The van der Waals surface area contributed by atoms with Crippen LogP contribution >= 0.6 is 0 Å². The molecule has 9 heteroatoms. The molecule has 0 spiro atoms. The van der Waals surface area contributed by atoms with Gasteiger partial charge in [0.15, 0.2) is 11.5 Å². The summed E-state index contributed by atoms with van der Waals surface area (Å²) in [5.41, 5.74) is 3.02. The fraction of sp³-hybridized carbons (Fsp3) is 0.269. The number of rotatable bonds is 10. The number of methoxy groups -OCH3 is 3. The number of aryl methyl sites for hydroxylation is 2. The SMILES string of the molecule is COc1ccc(CNC(=O)CN(c2cc(C)cc(C)c2)S(=O)(=O)c2ccc(OC)c(OC)c2)cc1. The molecule has 0 bridgehead atoms. The molecular formula is C26H30N2O6S. The first-order valence-electron chi connectivity index (χ1n) is 10.9. The van der Waals surface area contributed by atoms with Crippen molar-refractivity contribution in [3.8, 4) is 17.2 Å². The van der Waals surface area contributed by atoms with E-state index in [4.69, 9.17) is 14.2 Å². The molecule has 0 fully saturated rings. The van der Waals surface area contributed by atoms with Crippen molar-refractivity contribution in [2.45, 2.75) is 25.3 Å². The normalized spacial score (nSPS) is 11.0. The van der Waals surface area contributed by atoms with Gasteiger partial charge in [-0.15, -0.1) is 0 Å². The molecule has 3 aromatic rings. The van der Waals surface area contributed by atoms with Crippen LogP contribution in [0.2, 0.25) is 0 Å². The quantitative estimate of drug-likeness (QED) is 0.457. The number of carbonyl (C=O) groups is 1. The van der Waals surface area contributed by atoms with Gasteiger partial charge >= 0.3 is 0 Å². The van der Waals surface area contributed by atoms with E-state index >= 15 is 0 Å². The maximum atomic E-state index is 13.7. The Bertz CT molecular complexity index is 1270. The highest BCUT2D eigenvalue weighted by atomic mass is 32.2. The van der Waals surface area contributed by atoms with E-state index in [0.29, 0.717) is 17.2 Å². The van der Waals surface area contributed by atoms with Crippen molar-refractivity contribution >= 4 is 21.6 Å². The van der Waals surface area contributed by atoms with Crippen molar-refractivity contribution in [1.82, 2.24) is 5.32 Å². The lowest BCUT2D eigenvalue weighted by molar-refractivity contribution is -0.119. The van der Waals surface area contributed by atoms with Crippen molar-refractivity contribution in [2.75, 3.05) is 32.2 Å². The van der Waals surface area contributed by atoms with Gasteiger partial charge in [0, 0.05) is 12.6 Å². The molecule has 186 valence electrons. The van der Waals surface area contributed by atoms with Gasteiger partial charge in [-0.3, -0.25) is 9.10 Å². The summed E-state index contributed by atoms with van der Waals surface area (Å²) in [7, 11) is 0.375. The number of sulfonamides is 1. The first-order valence-corrected chi connectivity index (χ1v) is 12.3. The molecule has 35 heavy (non-hydrogen) atoms. The number of nitrogens with zero attached hydrogens (tertiary/aromatic N) is 1. The molecule has 0 aliphatic rings. The van der Waals surface area contributed by atoms with Crippen molar-refractivity contribution in [2.24, 2.45) is 0 Å². The highest BCUT2D eigenvalue weighted by Crippen LogP contribution is 2.32. The lowest BCUT2D eigenvalue weighted by Crippen LogP contribution is -2.40. The number of hydrogen-bond donors (Lipinski definition) is 1. The minimum atomic E-state index is -4.11. The minimum Gasteiger partial charge on any atom is -0.497 e. The number of amides is 1. The summed E-state index contributed by atoms with van der Waals surface area (Å²) >= 11 is 0. The zero-order valence-electron chi connectivity index (χ0n) is 20.5. The molecule has 0 aliphatic heterocycles. The number of benzene rings is 3. The first kappa shape index (κ1) is 25.9.